The number of nitriles is 1. The molecule has 0 N–H and O–H groups in total. The van der Waals surface area contributed by atoms with Gasteiger partial charge in [-0.3, -0.25) is 0 Å². The van der Waals surface area contributed by atoms with E-state index in [2.05, 4.69) is 114 Å². The van der Waals surface area contributed by atoms with Crippen LogP contribution in [0, 0.1) is 23.2 Å². The lowest BCUT2D eigenvalue weighted by atomic mass is 9.86. The maximum atomic E-state index is 9.51. The van der Waals surface area contributed by atoms with Crippen molar-refractivity contribution in [1.29, 1.82) is 5.26 Å². The molecule has 1 unspecified atom stereocenters. The predicted molar refractivity (Wildman–Crippen MR) is 222 cm³/mol. The molecule has 5 aromatic carbocycles. The summed E-state index contributed by atoms with van der Waals surface area (Å²) in [4.78, 5) is 20.0. The van der Waals surface area contributed by atoms with Gasteiger partial charge in [0.25, 0.3) is 0 Å². The van der Waals surface area contributed by atoms with Gasteiger partial charge in [-0.1, -0.05) is 106 Å². The smallest absolute Gasteiger partial charge is 0.164 e. The first-order valence-electron chi connectivity index (χ1n) is 18.3. The van der Waals surface area contributed by atoms with Gasteiger partial charge in [0.05, 0.1) is 17.7 Å². The third kappa shape index (κ3) is 7.90. The minimum Gasteiger partial charge on any atom is -0.378 e. The minimum atomic E-state index is 0.0848. The van der Waals surface area contributed by atoms with E-state index in [0.717, 1.165) is 50.3 Å². The highest BCUT2D eigenvalue weighted by atomic mass is 15.2. The van der Waals surface area contributed by atoms with E-state index in [4.69, 9.17) is 15.0 Å². The van der Waals surface area contributed by atoms with E-state index < -0.39 is 0 Å². The molecule has 6 heteroatoms. The number of aromatic nitrogens is 3. The van der Waals surface area contributed by atoms with Crippen LogP contribution in [0.25, 0.3) is 56.4 Å². The molecule has 2 atom stereocenters. The van der Waals surface area contributed by atoms with Crippen molar-refractivity contribution < 1.29 is 0 Å². The van der Waals surface area contributed by atoms with Crippen LogP contribution in [0.3, 0.4) is 0 Å². The van der Waals surface area contributed by atoms with E-state index in [0.29, 0.717) is 34.9 Å². The van der Waals surface area contributed by atoms with Crippen LogP contribution in [0.4, 0.5) is 11.4 Å². The monoisotopic (exact) mass is 696 g/mol. The Bertz CT molecular complexity index is 2160. The van der Waals surface area contributed by atoms with E-state index in [1.165, 1.54) is 0 Å². The minimum absolute atomic E-state index is 0.0848. The van der Waals surface area contributed by atoms with Crippen LogP contribution in [-0.4, -0.2) is 41.1 Å². The highest BCUT2D eigenvalue weighted by Crippen LogP contribution is 2.43. The van der Waals surface area contributed by atoms with Gasteiger partial charge >= 0.3 is 0 Å². The van der Waals surface area contributed by atoms with Crippen LogP contribution < -0.4 is 9.80 Å². The van der Waals surface area contributed by atoms with Crippen molar-refractivity contribution in [3.05, 3.63) is 140 Å². The molecule has 1 aromatic heterocycles. The molecule has 0 saturated carbocycles. The van der Waals surface area contributed by atoms with Crippen LogP contribution in [0.2, 0.25) is 0 Å². The van der Waals surface area contributed by atoms with Gasteiger partial charge in [0.2, 0.25) is 0 Å². The first-order chi connectivity index (χ1) is 25.6. The van der Waals surface area contributed by atoms with Crippen molar-refractivity contribution in [2.45, 2.75) is 46.7 Å². The number of benzene rings is 5. The Morgan fingerprint density at radius 3 is 1.68 bits per heavy atom. The highest BCUT2D eigenvalue weighted by molar-refractivity contribution is 5.93. The van der Waals surface area contributed by atoms with Gasteiger partial charge in [-0.2, -0.15) is 5.26 Å². The van der Waals surface area contributed by atoms with Gasteiger partial charge in [0.15, 0.2) is 17.5 Å². The molecule has 0 aliphatic heterocycles. The van der Waals surface area contributed by atoms with Gasteiger partial charge in [0, 0.05) is 53.8 Å². The molecular weight excluding hydrogens is 649 g/mol. The second-order valence-corrected chi connectivity index (χ2v) is 14.4. The standard InChI is InChI=1S/C47H48N6/c1-9-43(33(6)31(2)3)53(32(4)5)44-27-24-38(35-22-20-34(30-48)21-23-35)28-42(44)41-29-39(52(7)8)25-26-40(41)47-50-45(36-16-12-10-13-17-36)49-46(51-47)37-18-14-11-15-19-37/h9-29,31-33,43H,1H2,2-8H3/t33-,43?/m1/s1. The van der Waals surface area contributed by atoms with Crippen LogP contribution in [0.5, 0.6) is 0 Å². The summed E-state index contributed by atoms with van der Waals surface area (Å²) in [6.45, 7) is 15.7. The summed E-state index contributed by atoms with van der Waals surface area (Å²) in [5.41, 5.74) is 9.70. The Kier molecular flexibility index (Phi) is 11.1. The lowest BCUT2D eigenvalue weighted by Crippen LogP contribution is -2.44. The number of hydrogen-bond acceptors (Lipinski definition) is 6. The van der Waals surface area contributed by atoms with E-state index in [1.807, 2.05) is 84.9 Å². The van der Waals surface area contributed by atoms with Crippen molar-refractivity contribution in [1.82, 2.24) is 15.0 Å². The van der Waals surface area contributed by atoms with Crippen LogP contribution >= 0.6 is 0 Å². The molecule has 0 bridgehead atoms. The Hall–Kier alpha value is -6.06. The SMILES string of the molecule is C=CC([C@H](C)C(C)C)N(c1ccc(-c2ccc(C#N)cc2)cc1-c1cc(N(C)C)ccc1-c1nc(-c2ccccc2)nc(-c2ccccc2)n1)C(C)C. The summed E-state index contributed by atoms with van der Waals surface area (Å²) >= 11 is 0. The maximum Gasteiger partial charge on any atom is 0.164 e. The number of rotatable bonds is 12. The molecule has 0 spiro atoms. The largest absolute Gasteiger partial charge is 0.378 e. The number of nitrogens with zero attached hydrogens (tertiary/aromatic N) is 6. The van der Waals surface area contributed by atoms with Gasteiger partial charge < -0.3 is 9.80 Å². The zero-order valence-electron chi connectivity index (χ0n) is 31.8. The fourth-order valence-electron chi connectivity index (χ4n) is 6.81. The van der Waals surface area contributed by atoms with Crippen molar-refractivity contribution >= 4 is 11.4 Å². The molecule has 0 radical (unpaired) electrons. The number of hydrogen-bond donors (Lipinski definition) is 0. The molecule has 53 heavy (non-hydrogen) atoms. The van der Waals surface area contributed by atoms with Gasteiger partial charge in [-0.15, -0.1) is 6.58 Å². The molecule has 0 aliphatic rings. The number of anilines is 2. The summed E-state index contributed by atoms with van der Waals surface area (Å²) < 4.78 is 0. The average Bonchev–Trinajstić information content (AvgIpc) is 3.19. The molecule has 266 valence electrons. The van der Waals surface area contributed by atoms with Gasteiger partial charge in [-0.05, 0) is 84.8 Å². The van der Waals surface area contributed by atoms with E-state index in [1.54, 1.807) is 0 Å². The van der Waals surface area contributed by atoms with Crippen molar-refractivity contribution in [2.75, 3.05) is 23.9 Å². The lowest BCUT2D eigenvalue weighted by molar-refractivity contribution is 0.358. The molecule has 0 amide bonds. The van der Waals surface area contributed by atoms with Crippen molar-refractivity contribution in [3.63, 3.8) is 0 Å². The zero-order chi connectivity index (χ0) is 37.6. The van der Waals surface area contributed by atoms with Crippen molar-refractivity contribution in [3.8, 4) is 62.5 Å². The molecule has 6 aromatic rings. The molecule has 0 fully saturated rings. The third-order valence-electron chi connectivity index (χ3n) is 10.1. The van der Waals surface area contributed by atoms with Crippen molar-refractivity contribution in [2.24, 2.45) is 11.8 Å². The Balaban J connectivity index is 1.68. The Labute approximate surface area is 315 Å². The first-order valence-corrected chi connectivity index (χ1v) is 18.3. The highest BCUT2D eigenvalue weighted by Gasteiger charge is 2.29. The molecule has 6 nitrogen and oxygen atoms in total. The molecule has 0 aliphatic carbocycles. The second-order valence-electron chi connectivity index (χ2n) is 14.4. The summed E-state index contributed by atoms with van der Waals surface area (Å²) in [6.07, 6.45) is 2.10. The first kappa shape index (κ1) is 36.7. The van der Waals surface area contributed by atoms with Crippen LogP contribution in [-0.2, 0) is 0 Å². The Morgan fingerprint density at radius 1 is 0.604 bits per heavy atom. The van der Waals surface area contributed by atoms with E-state index >= 15 is 0 Å². The Morgan fingerprint density at radius 2 is 1.17 bits per heavy atom. The average molecular weight is 697 g/mol. The molecule has 6 rings (SSSR count). The second kappa shape index (κ2) is 16.1. The summed E-state index contributed by atoms with van der Waals surface area (Å²) in [6, 6.07) is 43.7. The fraction of sp³-hybridized carbons (Fsp3) is 0.234. The van der Waals surface area contributed by atoms with Crippen LogP contribution in [0.15, 0.2) is 134 Å². The predicted octanol–water partition coefficient (Wildman–Crippen LogP) is 11.2. The van der Waals surface area contributed by atoms with Gasteiger partial charge in [-0.25, -0.2) is 15.0 Å². The van der Waals surface area contributed by atoms with E-state index in [9.17, 15) is 5.26 Å². The molecule has 0 saturated heterocycles. The lowest BCUT2D eigenvalue weighted by Gasteiger charge is -2.41. The molecular formula is C47H48N6. The fourth-order valence-corrected chi connectivity index (χ4v) is 6.81. The summed E-state index contributed by atoms with van der Waals surface area (Å²) in [7, 11) is 4.13. The third-order valence-corrected chi connectivity index (χ3v) is 10.1. The zero-order valence-corrected chi connectivity index (χ0v) is 31.8. The van der Waals surface area contributed by atoms with Crippen LogP contribution in [0.1, 0.15) is 40.2 Å². The topological polar surface area (TPSA) is 68.9 Å². The summed E-state index contributed by atoms with van der Waals surface area (Å²) in [5.74, 6) is 2.62. The van der Waals surface area contributed by atoms with Gasteiger partial charge in [0.1, 0.15) is 0 Å². The molecule has 1 heterocycles. The quantitative estimate of drug-likeness (QED) is 0.119. The maximum absolute atomic E-state index is 9.51. The normalized spacial score (nSPS) is 12.3. The van der Waals surface area contributed by atoms with E-state index in [-0.39, 0.29) is 12.1 Å². The summed E-state index contributed by atoms with van der Waals surface area (Å²) in [5, 5.41) is 9.51.